The Morgan fingerprint density at radius 2 is 2.07 bits per heavy atom. The van der Waals surface area contributed by atoms with E-state index < -0.39 is 30.2 Å². The smallest absolute Gasteiger partial charge is 0.307 e. The second-order valence-electron chi connectivity index (χ2n) is 3.17. The molecule has 0 saturated carbocycles. The maximum absolute atomic E-state index is 13.0. The van der Waals surface area contributed by atoms with Crippen molar-refractivity contribution in [2.24, 2.45) is 0 Å². The van der Waals surface area contributed by atoms with Crippen molar-refractivity contribution in [1.82, 2.24) is 0 Å². The van der Waals surface area contributed by atoms with E-state index in [-0.39, 0.29) is 11.1 Å². The summed E-state index contributed by atoms with van der Waals surface area (Å²) in [7, 11) is 0. The molecule has 1 N–H and O–H groups in total. The quantitative estimate of drug-likeness (QED) is 0.846. The third kappa shape index (κ3) is 2.71. The van der Waals surface area contributed by atoms with E-state index in [0.29, 0.717) is 0 Å². The fourth-order valence-electron chi connectivity index (χ4n) is 1.26. The molecular formula is C10H9F3O2. The minimum atomic E-state index is -2.79. The second-order valence-corrected chi connectivity index (χ2v) is 3.17. The predicted octanol–water partition coefficient (Wildman–Crippen LogP) is 2.70. The molecule has 0 spiro atoms. The Kier molecular flexibility index (Phi) is 3.34. The molecule has 2 nitrogen and oxygen atoms in total. The molecule has 0 atom stereocenters. The molecule has 0 aliphatic rings. The van der Waals surface area contributed by atoms with E-state index in [2.05, 4.69) is 0 Å². The topological polar surface area (TPSA) is 37.3 Å². The van der Waals surface area contributed by atoms with Crippen LogP contribution in [0.2, 0.25) is 0 Å². The number of alkyl halides is 2. The van der Waals surface area contributed by atoms with E-state index in [1.54, 1.807) is 0 Å². The number of hydrogen-bond acceptors (Lipinski definition) is 1. The summed E-state index contributed by atoms with van der Waals surface area (Å²) in [5.74, 6) is -1.93. The van der Waals surface area contributed by atoms with Gasteiger partial charge in [0.25, 0.3) is 6.43 Å². The molecule has 5 heteroatoms. The van der Waals surface area contributed by atoms with Crippen molar-refractivity contribution in [2.75, 3.05) is 0 Å². The van der Waals surface area contributed by atoms with Crippen LogP contribution in [0.3, 0.4) is 0 Å². The highest BCUT2D eigenvalue weighted by Gasteiger charge is 2.17. The van der Waals surface area contributed by atoms with Crippen molar-refractivity contribution in [1.29, 1.82) is 0 Å². The Labute approximate surface area is 84.3 Å². The van der Waals surface area contributed by atoms with Crippen LogP contribution in [0.5, 0.6) is 0 Å². The van der Waals surface area contributed by atoms with Gasteiger partial charge in [-0.15, -0.1) is 0 Å². The van der Waals surface area contributed by atoms with Crippen molar-refractivity contribution in [2.45, 2.75) is 19.8 Å². The van der Waals surface area contributed by atoms with Crippen LogP contribution >= 0.6 is 0 Å². The van der Waals surface area contributed by atoms with Crippen LogP contribution in [-0.2, 0) is 11.2 Å². The van der Waals surface area contributed by atoms with E-state index in [1.807, 2.05) is 0 Å². The van der Waals surface area contributed by atoms with E-state index in [9.17, 15) is 18.0 Å². The first kappa shape index (κ1) is 11.6. The standard InChI is InChI=1S/C10H9F3O2/c1-5-2-7(10(12)13)6(3-8(5)11)4-9(14)15/h2-3,10H,4H2,1H3,(H,14,15). The van der Waals surface area contributed by atoms with Gasteiger partial charge in [-0.05, 0) is 30.2 Å². The van der Waals surface area contributed by atoms with E-state index in [1.165, 1.54) is 6.92 Å². The van der Waals surface area contributed by atoms with Gasteiger partial charge in [0.15, 0.2) is 0 Å². The van der Waals surface area contributed by atoms with Crippen LogP contribution in [0.15, 0.2) is 12.1 Å². The summed E-state index contributed by atoms with van der Waals surface area (Å²) in [4.78, 5) is 10.4. The highest BCUT2D eigenvalue weighted by atomic mass is 19.3. The van der Waals surface area contributed by atoms with Crippen molar-refractivity contribution < 1.29 is 23.1 Å². The molecule has 1 rings (SSSR count). The summed E-state index contributed by atoms with van der Waals surface area (Å²) >= 11 is 0. The van der Waals surface area contributed by atoms with Gasteiger partial charge in [0.05, 0.1) is 6.42 Å². The first-order chi connectivity index (χ1) is 6.91. The Bertz CT molecular complexity index is 388. The highest BCUT2D eigenvalue weighted by Crippen LogP contribution is 2.26. The summed E-state index contributed by atoms with van der Waals surface area (Å²) in [6, 6.07) is 1.84. The molecule has 1 aromatic carbocycles. The maximum Gasteiger partial charge on any atom is 0.307 e. The molecule has 0 unspecified atom stereocenters. The van der Waals surface area contributed by atoms with Crippen LogP contribution < -0.4 is 0 Å². The largest absolute Gasteiger partial charge is 0.481 e. The van der Waals surface area contributed by atoms with Crippen LogP contribution in [0, 0.1) is 12.7 Å². The number of carbonyl (C=O) groups is 1. The van der Waals surface area contributed by atoms with Crippen molar-refractivity contribution in [3.05, 3.63) is 34.6 Å². The van der Waals surface area contributed by atoms with Crippen molar-refractivity contribution in [3.63, 3.8) is 0 Å². The molecule has 0 radical (unpaired) electrons. The number of benzene rings is 1. The molecule has 82 valence electrons. The molecule has 0 bridgehead atoms. The number of hydrogen-bond donors (Lipinski definition) is 1. The second kappa shape index (κ2) is 4.33. The number of carboxylic acid groups (broad SMARTS) is 1. The average Bonchev–Trinajstić information content (AvgIpc) is 2.09. The minimum absolute atomic E-state index is 0.0828. The van der Waals surface area contributed by atoms with Gasteiger partial charge in [-0.2, -0.15) is 0 Å². The molecule has 15 heavy (non-hydrogen) atoms. The zero-order valence-corrected chi connectivity index (χ0v) is 7.93. The molecule has 1 aromatic rings. The number of carboxylic acids is 1. The molecule has 0 aliphatic heterocycles. The summed E-state index contributed by atoms with van der Waals surface area (Å²) in [6.07, 6.45) is -3.39. The zero-order chi connectivity index (χ0) is 11.6. The van der Waals surface area contributed by atoms with Gasteiger partial charge in [0.2, 0.25) is 0 Å². The predicted molar refractivity (Wildman–Crippen MR) is 47.4 cm³/mol. The molecule has 0 heterocycles. The highest BCUT2D eigenvalue weighted by molar-refractivity contribution is 5.70. The zero-order valence-electron chi connectivity index (χ0n) is 7.93. The fourth-order valence-corrected chi connectivity index (χ4v) is 1.26. The maximum atomic E-state index is 13.0. The van der Waals surface area contributed by atoms with Gasteiger partial charge >= 0.3 is 5.97 Å². The number of aliphatic carboxylic acids is 1. The lowest BCUT2D eigenvalue weighted by molar-refractivity contribution is -0.136. The summed E-state index contributed by atoms with van der Waals surface area (Å²) in [5.41, 5.74) is -0.517. The lowest BCUT2D eigenvalue weighted by atomic mass is 10.0. The van der Waals surface area contributed by atoms with Gasteiger partial charge in [-0.3, -0.25) is 4.79 Å². The first-order valence-corrected chi connectivity index (χ1v) is 4.20. The minimum Gasteiger partial charge on any atom is -0.481 e. The summed E-state index contributed by atoms with van der Waals surface area (Å²) in [5, 5.41) is 8.47. The molecular weight excluding hydrogens is 209 g/mol. The van der Waals surface area contributed by atoms with Crippen LogP contribution in [0.4, 0.5) is 13.2 Å². The Hall–Kier alpha value is -1.52. The van der Waals surface area contributed by atoms with Crippen molar-refractivity contribution in [3.8, 4) is 0 Å². The molecule has 0 saturated heterocycles. The van der Waals surface area contributed by atoms with Crippen LogP contribution in [0.1, 0.15) is 23.1 Å². The number of aryl methyl sites for hydroxylation is 1. The Balaban J connectivity index is 3.21. The van der Waals surface area contributed by atoms with Crippen LogP contribution in [0.25, 0.3) is 0 Å². The Morgan fingerprint density at radius 3 is 2.53 bits per heavy atom. The van der Waals surface area contributed by atoms with E-state index >= 15 is 0 Å². The monoisotopic (exact) mass is 218 g/mol. The molecule has 0 fully saturated rings. The van der Waals surface area contributed by atoms with Gasteiger partial charge in [0.1, 0.15) is 5.82 Å². The number of rotatable bonds is 3. The third-order valence-electron chi connectivity index (χ3n) is 2.00. The van der Waals surface area contributed by atoms with E-state index in [4.69, 9.17) is 5.11 Å². The third-order valence-corrected chi connectivity index (χ3v) is 2.00. The lowest BCUT2D eigenvalue weighted by Gasteiger charge is -2.08. The lowest BCUT2D eigenvalue weighted by Crippen LogP contribution is -2.05. The molecule has 0 aromatic heterocycles. The van der Waals surface area contributed by atoms with E-state index in [0.717, 1.165) is 12.1 Å². The number of halogens is 3. The Morgan fingerprint density at radius 1 is 1.47 bits per heavy atom. The van der Waals surface area contributed by atoms with Crippen molar-refractivity contribution >= 4 is 5.97 Å². The summed E-state index contributed by atoms with van der Waals surface area (Å²) < 4.78 is 38.0. The average molecular weight is 218 g/mol. The van der Waals surface area contributed by atoms with Gasteiger partial charge in [-0.1, -0.05) is 0 Å². The normalized spacial score (nSPS) is 10.7. The fraction of sp³-hybridized carbons (Fsp3) is 0.300. The molecule has 0 aliphatic carbocycles. The van der Waals surface area contributed by atoms with Gasteiger partial charge in [0, 0.05) is 5.56 Å². The molecule has 0 amide bonds. The summed E-state index contributed by atoms with van der Waals surface area (Å²) in [6.45, 7) is 1.35. The van der Waals surface area contributed by atoms with Crippen LogP contribution in [-0.4, -0.2) is 11.1 Å². The first-order valence-electron chi connectivity index (χ1n) is 4.20. The van der Waals surface area contributed by atoms with Gasteiger partial charge < -0.3 is 5.11 Å². The SMILES string of the molecule is Cc1cc(C(F)F)c(CC(=O)O)cc1F. The van der Waals surface area contributed by atoms with Gasteiger partial charge in [-0.25, -0.2) is 13.2 Å².